The predicted octanol–water partition coefficient (Wildman–Crippen LogP) is 0.684. The minimum Gasteiger partial charge on any atom is -0.330 e. The molecule has 1 aromatic rings. The lowest BCUT2D eigenvalue weighted by molar-refractivity contribution is 0.306. The lowest BCUT2D eigenvalue weighted by Crippen LogP contribution is -2.24. The number of nitrogens with zero attached hydrogens (tertiary/aromatic N) is 3. The maximum absolute atomic E-state index is 5.68. The van der Waals surface area contributed by atoms with E-state index in [1.807, 2.05) is 6.20 Å². The smallest absolute Gasteiger partial charge is 0.0524 e. The first-order valence-corrected chi connectivity index (χ1v) is 5.76. The molecule has 0 spiro atoms. The summed E-state index contributed by atoms with van der Waals surface area (Å²) in [7, 11) is 0. The molecular weight excluding hydrogens is 188 g/mol. The highest BCUT2D eigenvalue weighted by atomic mass is 15.3. The van der Waals surface area contributed by atoms with Crippen molar-refractivity contribution >= 4 is 0 Å². The Balaban J connectivity index is 1.92. The third-order valence-electron chi connectivity index (χ3n) is 3.19. The number of likely N-dealkylation sites (tertiary alicyclic amines) is 1. The number of hydrogen-bond acceptors (Lipinski definition) is 3. The van der Waals surface area contributed by atoms with Gasteiger partial charge in [0.1, 0.15) is 0 Å². The predicted molar refractivity (Wildman–Crippen MR) is 60.3 cm³/mol. The zero-order chi connectivity index (χ0) is 10.7. The quantitative estimate of drug-likeness (QED) is 0.791. The van der Waals surface area contributed by atoms with Crippen LogP contribution in [0.1, 0.15) is 19.0 Å². The van der Waals surface area contributed by atoms with Gasteiger partial charge in [-0.15, -0.1) is 0 Å². The van der Waals surface area contributed by atoms with Crippen LogP contribution in [0.25, 0.3) is 0 Å². The Morgan fingerprint density at radius 3 is 3.13 bits per heavy atom. The first kappa shape index (κ1) is 10.6. The molecule has 2 rings (SSSR count). The molecule has 0 aliphatic carbocycles. The van der Waals surface area contributed by atoms with Crippen LogP contribution in [-0.4, -0.2) is 34.3 Å². The molecule has 0 amide bonds. The van der Waals surface area contributed by atoms with Crippen molar-refractivity contribution in [1.82, 2.24) is 14.7 Å². The average Bonchev–Trinajstić information content (AvgIpc) is 2.87. The van der Waals surface area contributed by atoms with Gasteiger partial charge >= 0.3 is 0 Å². The van der Waals surface area contributed by atoms with E-state index >= 15 is 0 Å². The SMILES string of the molecule is CCn1nccc1CN1CCC(CN)C1. The van der Waals surface area contributed by atoms with Gasteiger partial charge in [-0.1, -0.05) is 0 Å². The highest BCUT2D eigenvalue weighted by Crippen LogP contribution is 2.17. The van der Waals surface area contributed by atoms with Gasteiger partial charge in [-0.25, -0.2) is 0 Å². The highest BCUT2D eigenvalue weighted by molar-refractivity contribution is 5.01. The second-order valence-electron chi connectivity index (χ2n) is 4.26. The molecule has 1 aliphatic rings. The number of aromatic nitrogens is 2. The average molecular weight is 208 g/mol. The van der Waals surface area contributed by atoms with Crippen LogP contribution in [0.3, 0.4) is 0 Å². The highest BCUT2D eigenvalue weighted by Gasteiger charge is 2.21. The van der Waals surface area contributed by atoms with E-state index in [1.165, 1.54) is 18.7 Å². The second kappa shape index (κ2) is 4.77. The number of rotatable bonds is 4. The summed E-state index contributed by atoms with van der Waals surface area (Å²) in [6, 6.07) is 2.11. The summed E-state index contributed by atoms with van der Waals surface area (Å²) >= 11 is 0. The first-order valence-electron chi connectivity index (χ1n) is 5.76. The minimum atomic E-state index is 0.697. The van der Waals surface area contributed by atoms with E-state index in [0.717, 1.165) is 26.2 Å². The topological polar surface area (TPSA) is 47.1 Å². The summed E-state index contributed by atoms with van der Waals surface area (Å²) in [4.78, 5) is 2.47. The van der Waals surface area contributed by atoms with Crippen molar-refractivity contribution in [3.63, 3.8) is 0 Å². The molecule has 0 aromatic carbocycles. The Labute approximate surface area is 91.1 Å². The van der Waals surface area contributed by atoms with Crippen LogP contribution in [0.4, 0.5) is 0 Å². The van der Waals surface area contributed by atoms with Crippen molar-refractivity contribution in [2.24, 2.45) is 11.7 Å². The maximum atomic E-state index is 5.68. The maximum Gasteiger partial charge on any atom is 0.0524 e. The molecule has 1 unspecified atom stereocenters. The number of aryl methyl sites for hydroxylation is 1. The molecule has 2 N–H and O–H groups in total. The summed E-state index contributed by atoms with van der Waals surface area (Å²) in [5, 5.41) is 4.28. The van der Waals surface area contributed by atoms with Gasteiger partial charge in [0.05, 0.1) is 5.69 Å². The normalized spacial score (nSPS) is 22.4. The van der Waals surface area contributed by atoms with Gasteiger partial charge in [0.15, 0.2) is 0 Å². The fourth-order valence-corrected chi connectivity index (χ4v) is 2.26. The molecule has 1 saturated heterocycles. The van der Waals surface area contributed by atoms with E-state index in [0.29, 0.717) is 5.92 Å². The van der Waals surface area contributed by atoms with Crippen molar-refractivity contribution < 1.29 is 0 Å². The molecule has 84 valence electrons. The van der Waals surface area contributed by atoms with Crippen LogP contribution in [0.5, 0.6) is 0 Å². The molecule has 15 heavy (non-hydrogen) atoms. The summed E-state index contributed by atoms with van der Waals surface area (Å²) in [6.45, 7) is 7.25. The minimum absolute atomic E-state index is 0.697. The lowest BCUT2D eigenvalue weighted by Gasteiger charge is -2.16. The van der Waals surface area contributed by atoms with Gasteiger partial charge in [0.2, 0.25) is 0 Å². The second-order valence-corrected chi connectivity index (χ2v) is 4.26. The van der Waals surface area contributed by atoms with Crippen LogP contribution in [0.15, 0.2) is 12.3 Å². The molecule has 0 saturated carbocycles. The van der Waals surface area contributed by atoms with Crippen molar-refractivity contribution in [2.75, 3.05) is 19.6 Å². The standard InChI is InChI=1S/C11H20N4/c1-2-15-11(3-5-13-15)9-14-6-4-10(7-12)8-14/h3,5,10H,2,4,6-9,12H2,1H3. The molecule has 1 atom stereocenters. The van der Waals surface area contributed by atoms with Crippen LogP contribution >= 0.6 is 0 Å². The van der Waals surface area contributed by atoms with Crippen molar-refractivity contribution in [1.29, 1.82) is 0 Å². The van der Waals surface area contributed by atoms with Crippen molar-refractivity contribution in [2.45, 2.75) is 26.4 Å². The van der Waals surface area contributed by atoms with E-state index in [9.17, 15) is 0 Å². The molecule has 1 aromatic heterocycles. The Morgan fingerprint density at radius 2 is 2.47 bits per heavy atom. The van der Waals surface area contributed by atoms with Crippen LogP contribution < -0.4 is 5.73 Å². The zero-order valence-corrected chi connectivity index (χ0v) is 9.39. The van der Waals surface area contributed by atoms with E-state index in [-0.39, 0.29) is 0 Å². The number of hydrogen-bond donors (Lipinski definition) is 1. The monoisotopic (exact) mass is 208 g/mol. The Bertz CT molecular complexity index is 307. The summed E-state index contributed by atoms with van der Waals surface area (Å²) < 4.78 is 2.07. The third kappa shape index (κ3) is 2.38. The summed E-state index contributed by atoms with van der Waals surface area (Å²) in [5.41, 5.74) is 7.00. The van der Waals surface area contributed by atoms with Gasteiger partial charge in [0.25, 0.3) is 0 Å². The fourth-order valence-electron chi connectivity index (χ4n) is 2.26. The molecule has 1 aliphatic heterocycles. The molecule has 2 heterocycles. The first-order chi connectivity index (χ1) is 7.33. The molecule has 0 radical (unpaired) electrons. The summed E-state index contributed by atoms with van der Waals surface area (Å²) in [5.74, 6) is 0.697. The van der Waals surface area contributed by atoms with Crippen LogP contribution in [0.2, 0.25) is 0 Å². The largest absolute Gasteiger partial charge is 0.330 e. The molecule has 1 fully saturated rings. The molecule has 4 nitrogen and oxygen atoms in total. The van der Waals surface area contributed by atoms with E-state index < -0.39 is 0 Å². The number of nitrogens with two attached hydrogens (primary N) is 1. The van der Waals surface area contributed by atoms with E-state index in [1.54, 1.807) is 0 Å². The summed E-state index contributed by atoms with van der Waals surface area (Å²) in [6.07, 6.45) is 3.13. The van der Waals surface area contributed by atoms with Gasteiger partial charge in [0, 0.05) is 25.8 Å². The fraction of sp³-hybridized carbons (Fsp3) is 0.727. The van der Waals surface area contributed by atoms with Crippen molar-refractivity contribution in [3.8, 4) is 0 Å². The molecule has 4 heteroatoms. The lowest BCUT2D eigenvalue weighted by atomic mass is 10.1. The van der Waals surface area contributed by atoms with Crippen LogP contribution in [-0.2, 0) is 13.1 Å². The van der Waals surface area contributed by atoms with Crippen molar-refractivity contribution in [3.05, 3.63) is 18.0 Å². The van der Waals surface area contributed by atoms with E-state index in [4.69, 9.17) is 5.73 Å². The Kier molecular flexibility index (Phi) is 3.38. The van der Waals surface area contributed by atoms with Gasteiger partial charge in [-0.2, -0.15) is 5.10 Å². The Hall–Kier alpha value is -0.870. The zero-order valence-electron chi connectivity index (χ0n) is 9.39. The van der Waals surface area contributed by atoms with Gasteiger partial charge < -0.3 is 5.73 Å². The third-order valence-corrected chi connectivity index (χ3v) is 3.19. The molecular formula is C11H20N4. The van der Waals surface area contributed by atoms with Gasteiger partial charge in [-0.3, -0.25) is 9.58 Å². The molecule has 0 bridgehead atoms. The van der Waals surface area contributed by atoms with Crippen LogP contribution in [0, 0.1) is 5.92 Å². The van der Waals surface area contributed by atoms with E-state index in [2.05, 4.69) is 27.7 Å². The van der Waals surface area contributed by atoms with Gasteiger partial charge in [-0.05, 0) is 38.4 Å². The Morgan fingerprint density at radius 1 is 1.60 bits per heavy atom.